The highest BCUT2D eigenvalue weighted by Gasteiger charge is 2.30. The van der Waals surface area contributed by atoms with E-state index in [-0.39, 0.29) is 22.9 Å². The fourth-order valence-electron chi connectivity index (χ4n) is 3.16. The van der Waals surface area contributed by atoms with E-state index < -0.39 is 27.7 Å². The second-order valence-corrected chi connectivity index (χ2v) is 9.03. The van der Waals surface area contributed by atoms with Crippen molar-refractivity contribution in [1.82, 2.24) is 0 Å². The first-order valence-electron chi connectivity index (χ1n) is 10.2. The van der Waals surface area contributed by atoms with Gasteiger partial charge in [0, 0.05) is 17.4 Å². The predicted octanol–water partition coefficient (Wildman–Crippen LogP) is 4.29. The smallest absolute Gasteiger partial charge is 0.416 e. The summed E-state index contributed by atoms with van der Waals surface area (Å²) < 4.78 is 82.0. The quantitative estimate of drug-likeness (QED) is 0.494. The molecule has 8 nitrogen and oxygen atoms in total. The Hall–Kier alpha value is -3.93. The van der Waals surface area contributed by atoms with E-state index in [0.29, 0.717) is 36.5 Å². The van der Waals surface area contributed by atoms with Gasteiger partial charge in [-0.3, -0.25) is 9.52 Å². The number of amides is 1. The molecule has 0 unspecified atom stereocenters. The van der Waals surface area contributed by atoms with Crippen molar-refractivity contribution in [3.63, 3.8) is 0 Å². The fourth-order valence-corrected chi connectivity index (χ4v) is 4.20. The number of carbonyl (C=O) groups is 1. The molecule has 0 fully saturated rings. The number of sulfonamides is 1. The number of rotatable bonds is 7. The summed E-state index contributed by atoms with van der Waals surface area (Å²) in [6.07, 6.45) is -4.60. The van der Waals surface area contributed by atoms with E-state index in [1.807, 2.05) is 0 Å². The molecule has 0 radical (unpaired) electrons. The van der Waals surface area contributed by atoms with Crippen LogP contribution in [0, 0.1) is 0 Å². The Kier molecular flexibility index (Phi) is 6.74. The summed E-state index contributed by atoms with van der Waals surface area (Å²) in [5.41, 5.74) is -0.711. The number of fused-ring (bicyclic) bond motifs is 1. The highest BCUT2D eigenvalue weighted by Crippen LogP contribution is 2.33. The van der Waals surface area contributed by atoms with Crippen molar-refractivity contribution in [3.8, 4) is 17.2 Å². The Morgan fingerprint density at radius 1 is 0.914 bits per heavy atom. The Bertz CT molecular complexity index is 1330. The van der Waals surface area contributed by atoms with Gasteiger partial charge in [0.2, 0.25) is 0 Å². The van der Waals surface area contributed by atoms with Crippen molar-refractivity contribution < 1.29 is 40.6 Å². The van der Waals surface area contributed by atoms with Gasteiger partial charge in [0.25, 0.3) is 15.9 Å². The van der Waals surface area contributed by atoms with Crippen LogP contribution in [0.1, 0.15) is 5.56 Å². The summed E-state index contributed by atoms with van der Waals surface area (Å²) in [5, 5.41) is 2.65. The van der Waals surface area contributed by atoms with Gasteiger partial charge in [0.05, 0.1) is 10.5 Å². The molecule has 3 aromatic rings. The lowest BCUT2D eigenvalue weighted by atomic mass is 10.2. The highest BCUT2D eigenvalue weighted by atomic mass is 32.2. The van der Waals surface area contributed by atoms with Gasteiger partial charge < -0.3 is 19.5 Å². The third kappa shape index (κ3) is 6.15. The van der Waals surface area contributed by atoms with Crippen molar-refractivity contribution in [2.24, 2.45) is 0 Å². The maximum absolute atomic E-state index is 12.9. The molecule has 3 aromatic carbocycles. The van der Waals surface area contributed by atoms with E-state index in [9.17, 15) is 26.4 Å². The maximum atomic E-state index is 12.9. The number of halogens is 3. The number of hydrogen-bond acceptors (Lipinski definition) is 6. The predicted molar refractivity (Wildman–Crippen MR) is 120 cm³/mol. The lowest BCUT2D eigenvalue weighted by Gasteiger charge is -2.19. The molecular weight excluding hydrogens is 489 g/mol. The second-order valence-electron chi connectivity index (χ2n) is 7.35. The molecule has 0 atom stereocenters. The Morgan fingerprint density at radius 3 is 2.34 bits per heavy atom. The molecule has 184 valence electrons. The zero-order valence-electron chi connectivity index (χ0n) is 18.0. The first-order chi connectivity index (χ1) is 16.6. The van der Waals surface area contributed by atoms with Crippen LogP contribution < -0.4 is 24.2 Å². The monoisotopic (exact) mass is 508 g/mol. The Labute approximate surface area is 198 Å². The Balaban J connectivity index is 1.34. The molecule has 0 saturated heterocycles. The minimum Gasteiger partial charge on any atom is -0.486 e. The number of anilines is 2. The van der Waals surface area contributed by atoms with Crippen LogP contribution in [0.5, 0.6) is 17.2 Å². The van der Waals surface area contributed by atoms with Crippen LogP contribution in [-0.4, -0.2) is 34.1 Å². The Morgan fingerprint density at radius 2 is 1.63 bits per heavy atom. The van der Waals surface area contributed by atoms with Crippen LogP contribution in [-0.2, 0) is 21.0 Å². The van der Waals surface area contributed by atoms with E-state index in [4.69, 9.17) is 14.2 Å². The van der Waals surface area contributed by atoms with Crippen molar-refractivity contribution in [1.29, 1.82) is 0 Å². The topological polar surface area (TPSA) is 103 Å². The molecule has 1 aliphatic rings. The van der Waals surface area contributed by atoms with Gasteiger partial charge >= 0.3 is 6.18 Å². The van der Waals surface area contributed by atoms with Gasteiger partial charge in [-0.05, 0) is 54.6 Å². The maximum Gasteiger partial charge on any atom is 0.416 e. The summed E-state index contributed by atoms with van der Waals surface area (Å²) in [6, 6.07) is 13.9. The van der Waals surface area contributed by atoms with Crippen molar-refractivity contribution >= 4 is 27.3 Å². The first-order valence-corrected chi connectivity index (χ1v) is 11.7. The molecule has 12 heteroatoms. The third-order valence-corrected chi connectivity index (χ3v) is 6.17. The summed E-state index contributed by atoms with van der Waals surface area (Å²) in [7, 11) is -4.15. The molecule has 0 aliphatic carbocycles. The zero-order chi connectivity index (χ0) is 25.1. The van der Waals surface area contributed by atoms with Gasteiger partial charge in [-0.1, -0.05) is 6.07 Å². The van der Waals surface area contributed by atoms with Gasteiger partial charge in [-0.25, -0.2) is 8.42 Å². The number of alkyl halides is 3. The van der Waals surface area contributed by atoms with E-state index in [1.54, 1.807) is 18.2 Å². The van der Waals surface area contributed by atoms with Gasteiger partial charge in [-0.15, -0.1) is 0 Å². The molecule has 2 N–H and O–H groups in total. The van der Waals surface area contributed by atoms with E-state index in [1.165, 1.54) is 30.3 Å². The normalized spacial score (nSPS) is 13.1. The minimum absolute atomic E-state index is 0.192. The van der Waals surface area contributed by atoms with Crippen LogP contribution >= 0.6 is 0 Å². The van der Waals surface area contributed by atoms with Gasteiger partial charge in [0.1, 0.15) is 19.0 Å². The molecule has 4 rings (SSSR count). The average Bonchev–Trinajstić information content (AvgIpc) is 2.82. The molecule has 1 amide bonds. The fraction of sp³-hybridized carbons (Fsp3) is 0.174. The van der Waals surface area contributed by atoms with Crippen molar-refractivity contribution in [2.45, 2.75) is 11.1 Å². The van der Waals surface area contributed by atoms with Crippen LogP contribution in [0.4, 0.5) is 24.5 Å². The molecule has 35 heavy (non-hydrogen) atoms. The summed E-state index contributed by atoms with van der Waals surface area (Å²) in [5.74, 6) is 0.874. The number of carbonyl (C=O) groups excluding carboxylic acids is 1. The molecule has 0 spiro atoms. The largest absolute Gasteiger partial charge is 0.486 e. The third-order valence-electron chi connectivity index (χ3n) is 4.77. The van der Waals surface area contributed by atoms with Crippen LogP contribution in [0.2, 0.25) is 0 Å². The van der Waals surface area contributed by atoms with Crippen LogP contribution in [0.15, 0.2) is 71.6 Å². The number of benzene rings is 3. The van der Waals surface area contributed by atoms with E-state index in [0.717, 1.165) is 12.1 Å². The van der Waals surface area contributed by atoms with Crippen molar-refractivity contribution in [3.05, 3.63) is 72.3 Å². The van der Waals surface area contributed by atoms with Gasteiger partial charge in [0.15, 0.2) is 18.1 Å². The van der Waals surface area contributed by atoms with Gasteiger partial charge in [-0.2, -0.15) is 13.2 Å². The minimum atomic E-state index is -4.60. The number of ether oxygens (including phenoxy) is 3. The molecule has 1 aliphatic heterocycles. The summed E-state index contributed by atoms with van der Waals surface area (Å²) >= 11 is 0. The SMILES string of the molecule is O=C(COc1ccc(S(=O)(=O)Nc2cccc(C(F)(F)F)c2)cc1)Nc1ccc2c(c1)OCCO2. The van der Waals surface area contributed by atoms with Crippen LogP contribution in [0.25, 0.3) is 0 Å². The molecule has 0 aromatic heterocycles. The number of hydrogen-bond donors (Lipinski definition) is 2. The van der Waals surface area contributed by atoms with E-state index in [2.05, 4.69) is 10.0 Å². The summed E-state index contributed by atoms with van der Waals surface area (Å²) in [6.45, 7) is 0.520. The lowest BCUT2D eigenvalue weighted by Crippen LogP contribution is -2.21. The first kappa shape index (κ1) is 24.2. The molecule has 0 saturated carbocycles. The number of nitrogens with one attached hydrogen (secondary N) is 2. The highest BCUT2D eigenvalue weighted by molar-refractivity contribution is 7.92. The summed E-state index contributed by atoms with van der Waals surface area (Å²) in [4.78, 5) is 12.0. The average molecular weight is 508 g/mol. The zero-order valence-corrected chi connectivity index (χ0v) is 18.8. The van der Waals surface area contributed by atoms with Crippen LogP contribution in [0.3, 0.4) is 0 Å². The second kappa shape index (κ2) is 9.74. The molecule has 0 bridgehead atoms. The molecule has 1 heterocycles. The standard InChI is InChI=1S/C23H19F3N2O6S/c24-23(25,26)15-2-1-3-17(12-15)28-35(30,31)19-7-5-18(6-8-19)34-14-22(29)27-16-4-9-20-21(13-16)33-11-10-32-20/h1-9,12-13,28H,10-11,14H2,(H,27,29). The van der Waals surface area contributed by atoms with Crippen molar-refractivity contribution in [2.75, 3.05) is 29.9 Å². The lowest BCUT2D eigenvalue weighted by molar-refractivity contribution is -0.137. The van der Waals surface area contributed by atoms with E-state index >= 15 is 0 Å². The molecular formula is C23H19F3N2O6S.